The standard InChI is InChI=1S/C16H20N2O3S/c1-3-19-14-7-5-4-6-13(14)15-17-18-16(21-15)22-10-12-9-8-11(2)20-12/h4-7,11-12H,3,8-10H2,1-2H3. The molecule has 1 aliphatic heterocycles. The summed E-state index contributed by atoms with van der Waals surface area (Å²) in [5, 5.41) is 8.81. The first-order valence-corrected chi connectivity index (χ1v) is 8.58. The van der Waals surface area contributed by atoms with Crippen LogP contribution in [0, 0.1) is 0 Å². The summed E-state index contributed by atoms with van der Waals surface area (Å²) in [6, 6.07) is 7.69. The topological polar surface area (TPSA) is 57.4 Å². The fourth-order valence-electron chi connectivity index (χ4n) is 2.47. The van der Waals surface area contributed by atoms with Crippen molar-refractivity contribution in [1.29, 1.82) is 0 Å². The molecular weight excluding hydrogens is 300 g/mol. The van der Waals surface area contributed by atoms with Gasteiger partial charge in [0.2, 0.25) is 0 Å². The van der Waals surface area contributed by atoms with E-state index in [2.05, 4.69) is 17.1 Å². The van der Waals surface area contributed by atoms with Crippen LogP contribution in [-0.4, -0.2) is 34.8 Å². The van der Waals surface area contributed by atoms with E-state index in [9.17, 15) is 0 Å². The second-order valence-corrected chi connectivity index (χ2v) is 6.23. The van der Waals surface area contributed by atoms with Crippen LogP contribution in [0.2, 0.25) is 0 Å². The summed E-state index contributed by atoms with van der Waals surface area (Å²) < 4.78 is 17.1. The average molecular weight is 320 g/mol. The fraction of sp³-hybridized carbons (Fsp3) is 0.500. The lowest BCUT2D eigenvalue weighted by Gasteiger charge is -2.08. The Balaban J connectivity index is 1.66. The first-order valence-electron chi connectivity index (χ1n) is 7.60. The number of hydrogen-bond acceptors (Lipinski definition) is 6. The molecule has 2 heterocycles. The van der Waals surface area contributed by atoms with E-state index in [0.29, 0.717) is 23.8 Å². The number of ether oxygens (including phenoxy) is 2. The number of aromatic nitrogens is 2. The van der Waals surface area contributed by atoms with E-state index in [1.807, 2.05) is 31.2 Å². The van der Waals surface area contributed by atoms with Crippen molar-refractivity contribution in [2.45, 2.75) is 44.1 Å². The Morgan fingerprint density at radius 1 is 1.27 bits per heavy atom. The van der Waals surface area contributed by atoms with Crippen molar-refractivity contribution in [3.8, 4) is 17.2 Å². The van der Waals surface area contributed by atoms with Crippen molar-refractivity contribution in [3.63, 3.8) is 0 Å². The average Bonchev–Trinajstić information content (AvgIpc) is 3.15. The van der Waals surface area contributed by atoms with Crippen molar-refractivity contribution >= 4 is 11.8 Å². The van der Waals surface area contributed by atoms with Crippen LogP contribution < -0.4 is 4.74 Å². The van der Waals surface area contributed by atoms with Gasteiger partial charge in [0.25, 0.3) is 11.1 Å². The summed E-state index contributed by atoms with van der Waals surface area (Å²) in [5.41, 5.74) is 0.828. The summed E-state index contributed by atoms with van der Waals surface area (Å²) in [4.78, 5) is 0. The summed E-state index contributed by atoms with van der Waals surface area (Å²) in [6.45, 7) is 4.67. The van der Waals surface area contributed by atoms with Gasteiger partial charge in [-0.15, -0.1) is 10.2 Å². The lowest BCUT2D eigenvalue weighted by molar-refractivity contribution is 0.0699. The molecule has 6 heteroatoms. The van der Waals surface area contributed by atoms with Crippen LogP contribution in [0.3, 0.4) is 0 Å². The maximum Gasteiger partial charge on any atom is 0.276 e. The van der Waals surface area contributed by atoms with Crippen LogP contribution in [0.1, 0.15) is 26.7 Å². The first-order chi connectivity index (χ1) is 10.8. The Morgan fingerprint density at radius 2 is 2.14 bits per heavy atom. The Bertz CT molecular complexity index is 617. The molecule has 2 atom stereocenters. The lowest BCUT2D eigenvalue weighted by atomic mass is 10.2. The molecule has 1 aromatic carbocycles. The highest BCUT2D eigenvalue weighted by Crippen LogP contribution is 2.31. The summed E-state index contributed by atoms with van der Waals surface area (Å²) in [7, 11) is 0. The molecule has 2 unspecified atom stereocenters. The predicted octanol–water partition coefficient (Wildman–Crippen LogP) is 3.79. The molecule has 1 aliphatic rings. The molecule has 0 spiro atoms. The van der Waals surface area contributed by atoms with Gasteiger partial charge in [0.05, 0.1) is 24.4 Å². The van der Waals surface area contributed by atoms with Crippen LogP contribution in [0.25, 0.3) is 11.5 Å². The molecule has 118 valence electrons. The third-order valence-corrected chi connectivity index (χ3v) is 4.49. The van der Waals surface area contributed by atoms with Gasteiger partial charge >= 0.3 is 0 Å². The lowest BCUT2D eigenvalue weighted by Crippen LogP contribution is -2.10. The Labute approximate surface area is 134 Å². The maximum atomic E-state index is 5.79. The molecule has 0 saturated carbocycles. The second kappa shape index (κ2) is 7.15. The highest BCUT2D eigenvalue weighted by atomic mass is 32.2. The predicted molar refractivity (Wildman–Crippen MR) is 85.2 cm³/mol. The Hall–Kier alpha value is -1.53. The molecule has 0 aliphatic carbocycles. The van der Waals surface area contributed by atoms with E-state index < -0.39 is 0 Å². The van der Waals surface area contributed by atoms with Gasteiger partial charge in [0.1, 0.15) is 5.75 Å². The molecule has 0 N–H and O–H groups in total. The van der Waals surface area contributed by atoms with Crippen LogP contribution in [0.5, 0.6) is 5.75 Å². The van der Waals surface area contributed by atoms with Crippen LogP contribution in [0.15, 0.2) is 33.9 Å². The van der Waals surface area contributed by atoms with Crippen molar-refractivity contribution in [1.82, 2.24) is 10.2 Å². The quantitative estimate of drug-likeness (QED) is 0.755. The smallest absolute Gasteiger partial charge is 0.276 e. The SMILES string of the molecule is CCOc1ccccc1-c1nnc(SCC2CCC(C)O2)o1. The van der Waals surface area contributed by atoms with Crippen molar-refractivity contribution in [2.75, 3.05) is 12.4 Å². The molecule has 1 aromatic heterocycles. The molecule has 0 bridgehead atoms. The van der Waals surface area contributed by atoms with Crippen LogP contribution >= 0.6 is 11.8 Å². The molecule has 1 fully saturated rings. The normalized spacial score (nSPS) is 21.2. The molecule has 22 heavy (non-hydrogen) atoms. The first kappa shape index (κ1) is 15.4. The molecule has 0 amide bonds. The van der Waals surface area contributed by atoms with E-state index in [1.165, 1.54) is 0 Å². The van der Waals surface area contributed by atoms with E-state index in [4.69, 9.17) is 13.9 Å². The van der Waals surface area contributed by atoms with Crippen molar-refractivity contribution in [2.24, 2.45) is 0 Å². The molecule has 2 aromatic rings. The minimum Gasteiger partial charge on any atom is -0.493 e. The highest BCUT2D eigenvalue weighted by molar-refractivity contribution is 7.99. The molecule has 1 saturated heterocycles. The number of benzene rings is 1. The van der Waals surface area contributed by atoms with Crippen molar-refractivity contribution in [3.05, 3.63) is 24.3 Å². The number of para-hydroxylation sites is 1. The van der Waals surface area contributed by atoms with Gasteiger partial charge in [-0.05, 0) is 38.8 Å². The van der Waals surface area contributed by atoms with E-state index in [1.54, 1.807) is 11.8 Å². The van der Waals surface area contributed by atoms with Gasteiger partial charge in [-0.25, -0.2) is 0 Å². The van der Waals surface area contributed by atoms with Gasteiger partial charge < -0.3 is 13.9 Å². The summed E-state index contributed by atoms with van der Waals surface area (Å²) in [6.07, 6.45) is 2.87. The zero-order valence-corrected chi connectivity index (χ0v) is 13.6. The van der Waals surface area contributed by atoms with Gasteiger partial charge in [-0.2, -0.15) is 0 Å². The third kappa shape index (κ3) is 3.62. The van der Waals surface area contributed by atoms with Gasteiger partial charge in [0, 0.05) is 5.75 Å². The van der Waals surface area contributed by atoms with Gasteiger partial charge in [0.15, 0.2) is 0 Å². The minimum atomic E-state index is 0.283. The monoisotopic (exact) mass is 320 g/mol. The largest absolute Gasteiger partial charge is 0.493 e. The van der Waals surface area contributed by atoms with Crippen LogP contribution in [-0.2, 0) is 4.74 Å². The zero-order chi connectivity index (χ0) is 15.4. The second-order valence-electron chi connectivity index (χ2n) is 5.26. The number of thioether (sulfide) groups is 1. The molecule has 0 radical (unpaired) electrons. The number of hydrogen-bond donors (Lipinski definition) is 0. The highest BCUT2D eigenvalue weighted by Gasteiger charge is 2.23. The molecular formula is C16H20N2O3S. The molecule has 3 rings (SSSR count). The zero-order valence-electron chi connectivity index (χ0n) is 12.8. The number of rotatable bonds is 6. The number of nitrogens with zero attached hydrogens (tertiary/aromatic N) is 2. The fourth-order valence-corrected chi connectivity index (χ4v) is 3.28. The maximum absolute atomic E-state index is 5.79. The minimum absolute atomic E-state index is 0.283. The summed E-state index contributed by atoms with van der Waals surface area (Å²) >= 11 is 1.55. The van der Waals surface area contributed by atoms with Gasteiger partial charge in [-0.1, -0.05) is 23.9 Å². The van der Waals surface area contributed by atoms with E-state index in [-0.39, 0.29) is 6.10 Å². The molecule has 5 nitrogen and oxygen atoms in total. The third-order valence-electron chi connectivity index (χ3n) is 3.54. The van der Waals surface area contributed by atoms with E-state index >= 15 is 0 Å². The van der Waals surface area contributed by atoms with Crippen molar-refractivity contribution < 1.29 is 13.9 Å². The Morgan fingerprint density at radius 3 is 2.91 bits per heavy atom. The Kier molecular flexibility index (Phi) is 5.00. The summed E-state index contributed by atoms with van der Waals surface area (Å²) in [5.74, 6) is 2.10. The van der Waals surface area contributed by atoms with Gasteiger partial charge in [-0.3, -0.25) is 0 Å². The van der Waals surface area contributed by atoms with E-state index in [0.717, 1.165) is 29.9 Å². The van der Waals surface area contributed by atoms with Crippen LogP contribution in [0.4, 0.5) is 0 Å².